The molecule has 1 amide bonds. The van der Waals surface area contributed by atoms with Crippen molar-refractivity contribution >= 4 is 11.6 Å². The molecule has 0 spiro atoms. The molecule has 7 nitrogen and oxygen atoms in total. The summed E-state index contributed by atoms with van der Waals surface area (Å²) in [4.78, 5) is 15.8. The summed E-state index contributed by atoms with van der Waals surface area (Å²) in [5.41, 5.74) is 1.20. The summed E-state index contributed by atoms with van der Waals surface area (Å²) in [6.07, 6.45) is 2.84. The number of benzene rings is 1. The number of halogens is 2. The molecule has 0 aliphatic carbocycles. The predicted octanol–water partition coefficient (Wildman–Crippen LogP) is 3.46. The summed E-state index contributed by atoms with van der Waals surface area (Å²) in [6.45, 7) is 3.83. The van der Waals surface area contributed by atoms with E-state index in [-0.39, 0.29) is 43.2 Å². The highest BCUT2D eigenvalue weighted by molar-refractivity contribution is 5.94. The van der Waals surface area contributed by atoms with Crippen LogP contribution in [0.4, 0.5) is 14.5 Å². The Balaban J connectivity index is 0.000000225. The van der Waals surface area contributed by atoms with Crippen LogP contribution in [-0.4, -0.2) is 48.0 Å². The molecule has 3 atom stereocenters. The van der Waals surface area contributed by atoms with Crippen molar-refractivity contribution in [3.63, 3.8) is 0 Å². The second-order valence-electron chi connectivity index (χ2n) is 7.11. The van der Waals surface area contributed by atoms with Crippen LogP contribution in [0.1, 0.15) is 32.4 Å². The maximum Gasteiger partial charge on any atom is 0.253 e. The molecular formula is C22H28F2N2O5. The highest BCUT2D eigenvalue weighted by Gasteiger charge is 2.28. The fourth-order valence-corrected chi connectivity index (χ4v) is 2.68. The van der Waals surface area contributed by atoms with E-state index in [4.69, 9.17) is 19.3 Å². The number of carbonyl (C=O) groups is 1. The van der Waals surface area contributed by atoms with Crippen LogP contribution in [0.25, 0.3) is 0 Å². The van der Waals surface area contributed by atoms with Gasteiger partial charge in [0.2, 0.25) is 5.82 Å². The average Bonchev–Trinajstić information content (AvgIpc) is 3.22. The van der Waals surface area contributed by atoms with Gasteiger partial charge in [-0.05, 0) is 51.0 Å². The number of aromatic nitrogens is 1. The molecule has 0 bridgehead atoms. The van der Waals surface area contributed by atoms with Crippen molar-refractivity contribution in [1.29, 1.82) is 0 Å². The van der Waals surface area contributed by atoms with E-state index in [0.29, 0.717) is 11.4 Å². The molecule has 1 fully saturated rings. The largest absolute Gasteiger partial charge is 0.488 e. The van der Waals surface area contributed by atoms with Gasteiger partial charge in [0.05, 0.1) is 36.4 Å². The quantitative estimate of drug-likeness (QED) is 0.688. The third-order valence-corrected chi connectivity index (χ3v) is 4.57. The van der Waals surface area contributed by atoms with E-state index in [1.54, 1.807) is 19.1 Å². The number of amides is 1. The Hall–Kier alpha value is -2.62. The van der Waals surface area contributed by atoms with E-state index in [2.05, 4.69) is 10.3 Å². The van der Waals surface area contributed by atoms with E-state index in [0.717, 1.165) is 18.9 Å². The molecule has 1 aromatic carbocycles. The number of rotatable bonds is 7. The molecule has 2 aromatic rings. The molecule has 3 rings (SSSR count). The molecule has 2 N–H and O–H groups in total. The number of hydrogen-bond donors (Lipinski definition) is 2. The van der Waals surface area contributed by atoms with Crippen molar-refractivity contribution in [1.82, 2.24) is 4.98 Å². The van der Waals surface area contributed by atoms with Crippen LogP contribution in [0.5, 0.6) is 5.75 Å². The average molecular weight is 438 g/mol. The normalized spacial score (nSPS) is 18.6. The maximum atomic E-state index is 13.0. The fourth-order valence-electron chi connectivity index (χ4n) is 2.68. The van der Waals surface area contributed by atoms with Gasteiger partial charge in [-0.2, -0.15) is 4.39 Å². The zero-order valence-electron chi connectivity index (χ0n) is 17.8. The number of pyridine rings is 1. The first kappa shape index (κ1) is 24.6. The minimum Gasteiger partial charge on any atom is -0.488 e. The van der Waals surface area contributed by atoms with Gasteiger partial charge in [0, 0.05) is 7.11 Å². The zero-order chi connectivity index (χ0) is 22.8. The highest BCUT2D eigenvalue weighted by atomic mass is 19.2. The van der Waals surface area contributed by atoms with Gasteiger partial charge < -0.3 is 24.6 Å². The molecule has 31 heavy (non-hydrogen) atoms. The highest BCUT2D eigenvalue weighted by Crippen LogP contribution is 2.21. The van der Waals surface area contributed by atoms with Gasteiger partial charge in [0.25, 0.3) is 5.91 Å². The van der Waals surface area contributed by atoms with Crippen LogP contribution >= 0.6 is 0 Å². The predicted molar refractivity (Wildman–Crippen MR) is 111 cm³/mol. The van der Waals surface area contributed by atoms with E-state index < -0.39 is 11.6 Å². The Morgan fingerprint density at radius 2 is 2.10 bits per heavy atom. The minimum absolute atomic E-state index is 0.0890. The van der Waals surface area contributed by atoms with E-state index in [9.17, 15) is 13.6 Å². The number of methoxy groups -OCH3 is 1. The summed E-state index contributed by atoms with van der Waals surface area (Å²) in [5, 5.41) is 11.6. The molecule has 2 unspecified atom stereocenters. The van der Waals surface area contributed by atoms with Crippen molar-refractivity contribution in [2.75, 3.05) is 19.0 Å². The number of hydrogen-bond acceptors (Lipinski definition) is 6. The van der Waals surface area contributed by atoms with Crippen molar-refractivity contribution in [2.45, 2.75) is 51.6 Å². The van der Waals surface area contributed by atoms with Gasteiger partial charge in [0.1, 0.15) is 12.7 Å². The van der Waals surface area contributed by atoms with Crippen molar-refractivity contribution in [3.8, 4) is 5.75 Å². The first-order valence-electron chi connectivity index (χ1n) is 9.95. The van der Waals surface area contributed by atoms with Gasteiger partial charge in [-0.3, -0.25) is 9.78 Å². The number of anilines is 1. The molecule has 170 valence electrons. The Kier molecular flexibility index (Phi) is 9.77. The van der Waals surface area contributed by atoms with Gasteiger partial charge in [-0.1, -0.05) is 6.07 Å². The Labute approximate surface area is 180 Å². The fraction of sp³-hybridized carbons (Fsp3) is 0.455. The molecule has 1 aromatic heterocycles. The lowest BCUT2D eigenvalue weighted by Gasteiger charge is -2.11. The lowest BCUT2D eigenvalue weighted by Crippen LogP contribution is -2.27. The van der Waals surface area contributed by atoms with Crippen molar-refractivity contribution in [3.05, 3.63) is 53.9 Å². The minimum atomic E-state index is -0.962. The molecule has 1 aliphatic heterocycles. The number of carbonyl (C=O) groups excluding carboxylic acids is 1. The smallest absolute Gasteiger partial charge is 0.253 e. The number of nitrogens with zero attached hydrogens (tertiary/aromatic N) is 1. The second kappa shape index (κ2) is 12.3. The van der Waals surface area contributed by atoms with Gasteiger partial charge in [-0.15, -0.1) is 0 Å². The van der Waals surface area contributed by atoms with Crippen LogP contribution < -0.4 is 10.1 Å². The standard InChI is InChI=1S/C12H16N2O3.C10H12F2O2/c1-8-2-5-11(17-8)12(16)14-9-3-4-10(7-15)13-6-9;1-7(13-2)6-14-9-5-3-4-8(11)10(9)12/h3-4,6,8,11,15H,2,5,7H2,1H3,(H,14,16);3-5,7H,6H2,1-2H3/t8?,11-;/m1./s1. The van der Waals surface area contributed by atoms with Gasteiger partial charge >= 0.3 is 0 Å². The Bertz CT molecular complexity index is 835. The van der Waals surface area contributed by atoms with E-state index >= 15 is 0 Å². The first-order chi connectivity index (χ1) is 14.8. The Morgan fingerprint density at radius 1 is 1.32 bits per heavy atom. The monoisotopic (exact) mass is 438 g/mol. The van der Waals surface area contributed by atoms with Crippen molar-refractivity contribution < 1.29 is 32.9 Å². The molecule has 9 heteroatoms. The van der Waals surface area contributed by atoms with Gasteiger partial charge in [0.15, 0.2) is 11.6 Å². The number of aliphatic hydroxyl groups is 1. The third-order valence-electron chi connectivity index (χ3n) is 4.57. The maximum absolute atomic E-state index is 13.0. The van der Waals surface area contributed by atoms with Crippen LogP contribution in [0.15, 0.2) is 36.5 Å². The lowest BCUT2D eigenvalue weighted by molar-refractivity contribution is -0.126. The molecule has 0 radical (unpaired) electrons. The SMILES string of the molecule is CC1CC[C@H](C(=O)Nc2ccc(CO)nc2)O1.COC(C)COc1cccc(F)c1F. The molecule has 1 aliphatic rings. The molecule has 0 saturated carbocycles. The summed E-state index contributed by atoms with van der Waals surface area (Å²) in [7, 11) is 1.52. The van der Waals surface area contributed by atoms with E-state index in [1.165, 1.54) is 25.4 Å². The third kappa shape index (κ3) is 7.86. The second-order valence-corrected chi connectivity index (χ2v) is 7.11. The number of ether oxygens (including phenoxy) is 3. The topological polar surface area (TPSA) is 89.9 Å². The summed E-state index contributed by atoms with van der Waals surface area (Å²) < 4.78 is 41.1. The van der Waals surface area contributed by atoms with Crippen LogP contribution in [0.3, 0.4) is 0 Å². The van der Waals surface area contributed by atoms with Crippen molar-refractivity contribution in [2.24, 2.45) is 0 Å². The molecular weight excluding hydrogens is 410 g/mol. The lowest BCUT2D eigenvalue weighted by atomic mass is 10.2. The summed E-state index contributed by atoms with van der Waals surface area (Å²) >= 11 is 0. The van der Waals surface area contributed by atoms with Crippen LogP contribution in [0, 0.1) is 11.6 Å². The zero-order valence-corrected chi connectivity index (χ0v) is 17.8. The van der Waals surface area contributed by atoms with Crippen LogP contribution in [0.2, 0.25) is 0 Å². The van der Waals surface area contributed by atoms with Gasteiger partial charge in [-0.25, -0.2) is 4.39 Å². The van der Waals surface area contributed by atoms with Crippen LogP contribution in [-0.2, 0) is 20.9 Å². The van der Waals surface area contributed by atoms with E-state index in [1.807, 2.05) is 6.92 Å². The first-order valence-corrected chi connectivity index (χ1v) is 9.95. The molecule has 2 heterocycles. The Morgan fingerprint density at radius 3 is 2.68 bits per heavy atom. The molecule has 1 saturated heterocycles. The number of aliphatic hydroxyl groups excluding tert-OH is 1. The summed E-state index contributed by atoms with van der Waals surface area (Å²) in [5.74, 6) is -2.09. The number of nitrogens with one attached hydrogen (secondary N) is 1. The summed E-state index contributed by atoms with van der Waals surface area (Å²) in [6, 6.07) is 7.20.